The van der Waals surface area contributed by atoms with Gasteiger partial charge in [-0.2, -0.15) is 9.64 Å². The van der Waals surface area contributed by atoms with Crippen molar-refractivity contribution < 1.29 is 4.74 Å². The number of nitrogens with zero attached hydrogens (tertiary/aromatic N) is 2. The van der Waals surface area contributed by atoms with Crippen LogP contribution in [0.1, 0.15) is 18.9 Å². The first-order chi connectivity index (χ1) is 7.72. The maximum Gasteiger partial charge on any atom is 0.157 e. The lowest BCUT2D eigenvalue weighted by atomic mass is 10.0. The van der Waals surface area contributed by atoms with Gasteiger partial charge in [0.2, 0.25) is 0 Å². The lowest BCUT2D eigenvalue weighted by Crippen LogP contribution is -2.20. The molecule has 86 valence electrons. The molecule has 6 heteroatoms. The second-order valence-corrected chi connectivity index (χ2v) is 4.66. The van der Waals surface area contributed by atoms with Gasteiger partial charge in [-0.25, -0.2) is 0 Å². The second kappa shape index (κ2) is 4.68. The zero-order chi connectivity index (χ0) is 11.5. The van der Waals surface area contributed by atoms with Crippen LogP contribution in [0, 0.1) is 17.2 Å². The Morgan fingerprint density at radius 2 is 2.56 bits per heavy atom. The van der Waals surface area contributed by atoms with E-state index in [1.807, 2.05) is 0 Å². The molecular weight excluding hydrogens is 224 g/mol. The highest BCUT2D eigenvalue weighted by atomic mass is 32.1. The van der Waals surface area contributed by atoms with Crippen LogP contribution in [-0.2, 0) is 4.74 Å². The number of rotatable bonds is 3. The van der Waals surface area contributed by atoms with Crippen molar-refractivity contribution in [1.29, 1.82) is 5.26 Å². The molecule has 2 heterocycles. The first-order valence-corrected chi connectivity index (χ1v) is 6.00. The van der Waals surface area contributed by atoms with Crippen molar-refractivity contribution in [2.45, 2.75) is 19.4 Å². The van der Waals surface area contributed by atoms with Crippen LogP contribution in [0.4, 0.5) is 10.8 Å². The summed E-state index contributed by atoms with van der Waals surface area (Å²) in [5, 5.41) is 12.9. The minimum absolute atomic E-state index is 0.281. The molecule has 2 atom stereocenters. The summed E-state index contributed by atoms with van der Waals surface area (Å²) in [6.45, 7) is 3.70. The summed E-state index contributed by atoms with van der Waals surface area (Å²) in [7, 11) is 0. The minimum Gasteiger partial charge on any atom is -0.382 e. The smallest absolute Gasteiger partial charge is 0.157 e. The number of nitrogens with two attached hydrogens (primary N) is 1. The third-order valence-corrected chi connectivity index (χ3v) is 3.71. The van der Waals surface area contributed by atoms with Gasteiger partial charge in [-0.3, -0.25) is 0 Å². The van der Waals surface area contributed by atoms with Crippen LogP contribution in [0.5, 0.6) is 0 Å². The van der Waals surface area contributed by atoms with Crippen LogP contribution in [0.25, 0.3) is 0 Å². The molecule has 1 saturated heterocycles. The fourth-order valence-electron chi connectivity index (χ4n) is 1.80. The van der Waals surface area contributed by atoms with Crippen LogP contribution in [-0.4, -0.2) is 23.6 Å². The molecule has 1 aliphatic heterocycles. The highest BCUT2D eigenvalue weighted by Gasteiger charge is 2.24. The summed E-state index contributed by atoms with van der Waals surface area (Å²) in [4.78, 5) is 0. The highest BCUT2D eigenvalue weighted by molar-refractivity contribution is 7.10. The van der Waals surface area contributed by atoms with E-state index in [4.69, 9.17) is 15.7 Å². The van der Waals surface area contributed by atoms with E-state index in [0.29, 0.717) is 17.3 Å². The van der Waals surface area contributed by atoms with Gasteiger partial charge in [0, 0.05) is 19.1 Å². The number of hydrogen-bond donors (Lipinski definition) is 2. The first-order valence-electron chi connectivity index (χ1n) is 5.23. The second-order valence-electron chi connectivity index (χ2n) is 3.89. The molecule has 16 heavy (non-hydrogen) atoms. The van der Waals surface area contributed by atoms with E-state index < -0.39 is 0 Å². The fourth-order valence-corrected chi connectivity index (χ4v) is 2.47. The van der Waals surface area contributed by atoms with E-state index in [2.05, 4.69) is 22.7 Å². The third-order valence-electron chi connectivity index (χ3n) is 2.89. The summed E-state index contributed by atoms with van der Waals surface area (Å²) in [5.41, 5.74) is 6.03. The van der Waals surface area contributed by atoms with Gasteiger partial charge in [-0.05, 0) is 24.9 Å². The zero-order valence-electron chi connectivity index (χ0n) is 9.06. The van der Waals surface area contributed by atoms with Crippen molar-refractivity contribution in [2.75, 3.05) is 24.2 Å². The first kappa shape index (κ1) is 11.2. The predicted octanol–water partition coefficient (Wildman–Crippen LogP) is 1.43. The number of anilines is 2. The number of nitrogens with one attached hydrogen (secondary N) is 1. The normalized spacial score (nSPS) is 24.2. The van der Waals surface area contributed by atoms with Gasteiger partial charge in [0.25, 0.3) is 0 Å². The largest absolute Gasteiger partial charge is 0.382 e. The maximum atomic E-state index is 8.90. The van der Waals surface area contributed by atoms with Gasteiger partial charge in [-0.15, -0.1) is 0 Å². The molecule has 1 fully saturated rings. The van der Waals surface area contributed by atoms with Gasteiger partial charge in [0.05, 0.1) is 6.10 Å². The summed E-state index contributed by atoms with van der Waals surface area (Å²) in [5.74, 6) is 0.806. The number of nitriles is 1. The fraction of sp³-hybridized carbons (Fsp3) is 0.600. The molecule has 0 aromatic carbocycles. The van der Waals surface area contributed by atoms with Crippen molar-refractivity contribution in [1.82, 2.24) is 4.37 Å². The number of aromatic nitrogens is 1. The van der Waals surface area contributed by atoms with Crippen LogP contribution >= 0.6 is 11.5 Å². The number of ether oxygens (including phenoxy) is 1. The Balaban J connectivity index is 1.97. The molecule has 1 aromatic heterocycles. The van der Waals surface area contributed by atoms with Crippen molar-refractivity contribution in [3.05, 3.63) is 5.56 Å². The van der Waals surface area contributed by atoms with Gasteiger partial charge in [0.15, 0.2) is 5.82 Å². The lowest BCUT2D eigenvalue weighted by molar-refractivity contribution is 0.108. The van der Waals surface area contributed by atoms with Gasteiger partial charge in [-0.1, -0.05) is 0 Å². The Morgan fingerprint density at radius 3 is 3.19 bits per heavy atom. The SMILES string of the molecule is CC1OCCC1CNc1snc(N)c1C#N. The van der Waals surface area contributed by atoms with E-state index in [1.165, 1.54) is 11.5 Å². The summed E-state index contributed by atoms with van der Waals surface area (Å²) >= 11 is 1.24. The highest BCUT2D eigenvalue weighted by Crippen LogP contribution is 2.27. The van der Waals surface area contributed by atoms with Crippen LogP contribution in [0.3, 0.4) is 0 Å². The molecule has 0 radical (unpaired) electrons. The standard InChI is InChI=1S/C10H14N4OS/c1-6-7(2-3-15-6)5-13-10-8(4-11)9(12)14-16-10/h6-7,13H,2-3,5H2,1H3,(H2,12,14). The number of nitrogen functional groups attached to an aromatic ring is 1. The monoisotopic (exact) mass is 238 g/mol. The molecule has 0 saturated carbocycles. The third kappa shape index (κ3) is 2.10. The summed E-state index contributed by atoms with van der Waals surface area (Å²) in [6, 6.07) is 2.06. The van der Waals surface area contributed by atoms with Crippen LogP contribution in [0.15, 0.2) is 0 Å². The molecule has 3 N–H and O–H groups in total. The Hall–Kier alpha value is -1.32. The molecule has 0 bridgehead atoms. The molecule has 1 aromatic rings. The van der Waals surface area contributed by atoms with Gasteiger partial charge < -0.3 is 15.8 Å². The van der Waals surface area contributed by atoms with E-state index in [1.54, 1.807) is 0 Å². The zero-order valence-corrected chi connectivity index (χ0v) is 9.88. The molecule has 2 unspecified atom stereocenters. The summed E-state index contributed by atoms with van der Waals surface area (Å²) < 4.78 is 9.43. The van der Waals surface area contributed by atoms with E-state index in [-0.39, 0.29) is 6.10 Å². The average Bonchev–Trinajstić information content (AvgIpc) is 2.82. The Morgan fingerprint density at radius 1 is 1.75 bits per heavy atom. The Labute approximate surface area is 98.4 Å². The molecule has 0 spiro atoms. The molecule has 0 aliphatic carbocycles. The minimum atomic E-state index is 0.281. The Bertz CT molecular complexity index is 411. The van der Waals surface area contributed by atoms with E-state index in [9.17, 15) is 0 Å². The molecule has 5 nitrogen and oxygen atoms in total. The maximum absolute atomic E-state index is 8.90. The van der Waals surface area contributed by atoms with Crippen molar-refractivity contribution in [3.8, 4) is 6.07 Å². The van der Waals surface area contributed by atoms with Gasteiger partial charge in [0.1, 0.15) is 16.6 Å². The number of hydrogen-bond acceptors (Lipinski definition) is 6. The summed E-state index contributed by atoms with van der Waals surface area (Å²) in [6.07, 6.45) is 1.34. The quantitative estimate of drug-likeness (QED) is 0.832. The van der Waals surface area contributed by atoms with Gasteiger partial charge >= 0.3 is 0 Å². The molecular formula is C10H14N4OS. The van der Waals surface area contributed by atoms with Crippen LogP contribution in [0.2, 0.25) is 0 Å². The Kier molecular flexibility index (Phi) is 3.27. The van der Waals surface area contributed by atoms with E-state index >= 15 is 0 Å². The predicted molar refractivity (Wildman–Crippen MR) is 63.3 cm³/mol. The van der Waals surface area contributed by atoms with Crippen molar-refractivity contribution in [3.63, 3.8) is 0 Å². The molecule has 2 rings (SSSR count). The van der Waals surface area contributed by atoms with Crippen LogP contribution < -0.4 is 11.1 Å². The molecule has 1 aliphatic rings. The average molecular weight is 238 g/mol. The van der Waals surface area contributed by atoms with E-state index in [0.717, 1.165) is 24.6 Å². The molecule has 0 amide bonds. The van der Waals surface area contributed by atoms with Crippen molar-refractivity contribution >= 4 is 22.4 Å². The lowest BCUT2D eigenvalue weighted by Gasteiger charge is -2.14. The topological polar surface area (TPSA) is 84.0 Å². The van der Waals surface area contributed by atoms with Crippen molar-refractivity contribution in [2.24, 2.45) is 5.92 Å².